The van der Waals surface area contributed by atoms with E-state index in [0.29, 0.717) is 59.3 Å². The molecule has 6 aromatic carbocycles. The fourth-order valence-electron chi connectivity index (χ4n) is 8.52. The van der Waals surface area contributed by atoms with Gasteiger partial charge in [0.25, 0.3) is 0 Å². The zero-order chi connectivity index (χ0) is 72.8. The van der Waals surface area contributed by atoms with E-state index in [1.54, 1.807) is 0 Å². The van der Waals surface area contributed by atoms with Crippen molar-refractivity contribution in [2.24, 2.45) is 10.8 Å². The van der Waals surface area contributed by atoms with Crippen molar-refractivity contribution in [3.63, 3.8) is 0 Å². The lowest BCUT2D eigenvalue weighted by molar-refractivity contribution is -0.150. The number of methoxy groups -OCH3 is 4. The number of carbonyl (C=O) groups is 12. The summed E-state index contributed by atoms with van der Waals surface area (Å²) >= 11 is 0. The summed E-state index contributed by atoms with van der Waals surface area (Å²) in [7, 11) is 4.82. The van der Waals surface area contributed by atoms with Gasteiger partial charge < -0.3 is 68.3 Å². The fraction of sp³-hybridized carbons (Fsp3) is 0.243. The summed E-state index contributed by atoms with van der Waals surface area (Å²) < 4.78 is 64.0. The SMILES string of the molecule is COC(=O)/C=C/c1ccc(C(=O)OCC(C)(COC(=O)c2ccc(/C=C/C(=O)OC)cc2)C(=O)Oc2cc(OC(=O)C(C)(COC(=O)c3ccc(/C=C/C(=O)OC)cc3)COC(=O)c3ccc(/C=C/C(=O)OC)cc3)cc(C(=O)OCCCCCCOC(=O)c3cc(N)cc(N)c3)c2)cc1. The van der Waals surface area contributed by atoms with Gasteiger partial charge in [0.2, 0.25) is 0 Å². The van der Waals surface area contributed by atoms with Crippen molar-refractivity contribution in [1.29, 1.82) is 0 Å². The van der Waals surface area contributed by atoms with Gasteiger partial charge in [0.05, 0.1) is 75.0 Å². The Morgan fingerprint density at radius 2 is 0.570 bits per heavy atom. The Morgan fingerprint density at radius 3 is 0.830 bits per heavy atom. The van der Waals surface area contributed by atoms with E-state index in [-0.39, 0.29) is 46.6 Å². The zero-order valence-electron chi connectivity index (χ0n) is 55.3. The number of hydrogen-bond donors (Lipinski definition) is 2. The van der Waals surface area contributed by atoms with E-state index >= 15 is 0 Å². The monoisotopic (exact) mass is 1370 g/mol. The van der Waals surface area contributed by atoms with Crippen LogP contribution in [0.3, 0.4) is 0 Å². The van der Waals surface area contributed by atoms with Gasteiger partial charge in [-0.1, -0.05) is 48.5 Å². The molecule has 0 aliphatic rings. The standard InChI is InChI=1S/C74H72N2O24/c1-73(43-95-65(81)51-23-11-47(12-24-51)19-31-61(77)89-3,44-96-66(82)52-25-13-48(14-26-52)20-32-62(78)90-4)71(87)99-59-39-56(70(86)94-36-10-8-7-9-35-93-69(85)55-37-57(75)41-58(76)38-55)40-60(42-59)100-72(88)74(2,45-97-67(83)53-27-15-49(16-28-53)21-33-63(79)91-5)46-98-68(84)54-29-17-50(18-30-54)22-34-64(80)92-6/h11-34,37-42H,7-10,35-36,43-46,75-76H2,1-6H3/b31-19+,32-20+,33-21+,34-22+. The van der Waals surface area contributed by atoms with E-state index in [0.717, 1.165) is 18.2 Å². The summed E-state index contributed by atoms with van der Waals surface area (Å²) in [6.07, 6.45) is 12.2. The average molecular weight is 1370 g/mol. The molecule has 100 heavy (non-hydrogen) atoms. The first-order valence-corrected chi connectivity index (χ1v) is 30.6. The molecule has 26 heteroatoms. The lowest BCUT2D eigenvalue weighted by Gasteiger charge is -2.27. The van der Waals surface area contributed by atoms with Crippen molar-refractivity contribution in [1.82, 2.24) is 0 Å². The average Bonchev–Trinajstić information content (AvgIpc) is 0.815. The topological polar surface area (TPSA) is 368 Å². The van der Waals surface area contributed by atoms with Crippen molar-refractivity contribution in [3.8, 4) is 11.5 Å². The predicted octanol–water partition coefficient (Wildman–Crippen LogP) is 9.42. The molecule has 0 radical (unpaired) electrons. The molecular weight excluding hydrogens is 1300 g/mol. The third-order valence-corrected chi connectivity index (χ3v) is 14.4. The van der Waals surface area contributed by atoms with Crippen LogP contribution in [0.15, 0.2) is 158 Å². The Labute approximate surface area is 574 Å². The molecule has 522 valence electrons. The molecule has 0 spiro atoms. The van der Waals surface area contributed by atoms with Crippen LogP contribution in [0, 0.1) is 10.8 Å². The molecule has 0 unspecified atom stereocenters. The van der Waals surface area contributed by atoms with Crippen LogP contribution in [-0.4, -0.2) is 140 Å². The molecular formula is C74H72N2O24. The van der Waals surface area contributed by atoms with E-state index in [2.05, 4.69) is 18.9 Å². The summed E-state index contributed by atoms with van der Waals surface area (Å²) in [4.78, 5) is 157. The van der Waals surface area contributed by atoms with Crippen LogP contribution >= 0.6 is 0 Å². The number of nitrogen functional groups attached to an aromatic ring is 2. The number of rotatable bonds is 33. The van der Waals surface area contributed by atoms with Gasteiger partial charge in [-0.3, -0.25) is 9.59 Å². The first kappa shape index (κ1) is 76.5. The molecule has 0 bridgehead atoms. The lowest BCUT2D eigenvalue weighted by Crippen LogP contribution is -2.42. The summed E-state index contributed by atoms with van der Waals surface area (Å²) in [6, 6.07) is 30.6. The van der Waals surface area contributed by atoms with Crippen molar-refractivity contribution in [2.45, 2.75) is 39.5 Å². The summed E-state index contributed by atoms with van der Waals surface area (Å²) in [5, 5.41) is 0. The minimum absolute atomic E-state index is 0.00112. The highest BCUT2D eigenvalue weighted by Crippen LogP contribution is 2.31. The Balaban J connectivity index is 1.30. The van der Waals surface area contributed by atoms with E-state index in [9.17, 15) is 57.5 Å². The zero-order valence-corrected chi connectivity index (χ0v) is 55.3. The third kappa shape index (κ3) is 24.3. The molecule has 0 atom stereocenters. The molecule has 0 aliphatic heterocycles. The summed E-state index contributed by atoms with van der Waals surface area (Å²) in [5.41, 5.74) is 9.91. The summed E-state index contributed by atoms with van der Waals surface area (Å²) in [6.45, 7) is -0.862. The molecule has 0 aliphatic carbocycles. The third-order valence-electron chi connectivity index (χ3n) is 14.4. The Bertz CT molecular complexity index is 3670. The molecule has 0 saturated heterocycles. The van der Waals surface area contributed by atoms with Gasteiger partial charge in [0, 0.05) is 41.7 Å². The van der Waals surface area contributed by atoms with Gasteiger partial charge in [0.1, 0.15) is 48.8 Å². The number of hydrogen-bond acceptors (Lipinski definition) is 26. The highest BCUT2D eigenvalue weighted by atomic mass is 16.6. The number of ether oxygens (including phenoxy) is 12. The molecule has 4 N–H and O–H groups in total. The quantitative estimate of drug-likeness (QED) is 0.00966. The molecule has 26 nitrogen and oxygen atoms in total. The number of anilines is 2. The Hall–Kier alpha value is -12.5. The van der Waals surface area contributed by atoms with Crippen LogP contribution in [-0.2, 0) is 76.1 Å². The molecule has 0 saturated carbocycles. The van der Waals surface area contributed by atoms with Gasteiger partial charge in [-0.15, -0.1) is 0 Å². The van der Waals surface area contributed by atoms with Gasteiger partial charge in [0.15, 0.2) is 0 Å². The molecule has 0 amide bonds. The van der Waals surface area contributed by atoms with Gasteiger partial charge >= 0.3 is 71.6 Å². The molecule has 6 aromatic rings. The molecule has 0 aromatic heterocycles. The maximum absolute atomic E-state index is 14.8. The van der Waals surface area contributed by atoms with E-state index in [4.69, 9.17) is 49.4 Å². The van der Waals surface area contributed by atoms with Gasteiger partial charge in [-0.25, -0.2) is 47.9 Å². The largest absolute Gasteiger partial charge is 0.466 e. The molecule has 0 fully saturated rings. The van der Waals surface area contributed by atoms with Crippen LogP contribution in [0.25, 0.3) is 24.3 Å². The maximum atomic E-state index is 14.8. The van der Waals surface area contributed by atoms with Crippen molar-refractivity contribution >= 4 is 107 Å². The second-order valence-corrected chi connectivity index (χ2v) is 22.4. The number of esters is 12. The number of unbranched alkanes of at least 4 members (excludes halogenated alkanes) is 3. The smallest absolute Gasteiger partial charge is 0.338 e. The van der Waals surface area contributed by atoms with Crippen LogP contribution < -0.4 is 20.9 Å². The van der Waals surface area contributed by atoms with Crippen LogP contribution in [0.4, 0.5) is 11.4 Å². The van der Waals surface area contributed by atoms with Crippen LogP contribution in [0.2, 0.25) is 0 Å². The van der Waals surface area contributed by atoms with E-state index in [1.165, 1.54) is 206 Å². The van der Waals surface area contributed by atoms with E-state index < -0.39 is 120 Å². The van der Waals surface area contributed by atoms with Gasteiger partial charge in [-0.2, -0.15) is 0 Å². The van der Waals surface area contributed by atoms with Gasteiger partial charge in [-0.05, 0) is 165 Å². The fourth-order valence-corrected chi connectivity index (χ4v) is 8.52. The first-order chi connectivity index (χ1) is 47.8. The summed E-state index contributed by atoms with van der Waals surface area (Å²) in [5.74, 6) is -11.3. The number of benzene rings is 6. The highest BCUT2D eigenvalue weighted by molar-refractivity contribution is 5.96. The minimum Gasteiger partial charge on any atom is -0.466 e. The normalized spacial score (nSPS) is 11.3. The van der Waals surface area contributed by atoms with Crippen molar-refractivity contribution < 1.29 is 114 Å². The first-order valence-electron chi connectivity index (χ1n) is 30.6. The second kappa shape index (κ2) is 37.7. The van der Waals surface area contributed by atoms with Crippen LogP contribution in [0.1, 0.15) is 124 Å². The maximum Gasteiger partial charge on any atom is 0.338 e. The predicted molar refractivity (Wildman–Crippen MR) is 359 cm³/mol. The van der Waals surface area contributed by atoms with Crippen molar-refractivity contribution in [2.75, 3.05) is 79.5 Å². The number of nitrogens with two attached hydrogens (primary N) is 2. The highest BCUT2D eigenvalue weighted by Gasteiger charge is 2.42. The minimum atomic E-state index is -2.08. The molecule has 6 rings (SSSR count). The van der Waals surface area contributed by atoms with E-state index in [1.807, 2.05) is 0 Å². The second-order valence-electron chi connectivity index (χ2n) is 22.4. The number of carbonyl (C=O) groups excluding carboxylic acids is 12. The molecule has 0 heterocycles. The Kier molecular flexibility index (Phi) is 28.9. The van der Waals surface area contributed by atoms with Crippen molar-refractivity contribution in [3.05, 3.63) is 213 Å². The van der Waals surface area contributed by atoms with Crippen LogP contribution in [0.5, 0.6) is 11.5 Å². The Morgan fingerprint density at radius 1 is 0.320 bits per heavy atom. The lowest BCUT2D eigenvalue weighted by atomic mass is 9.93.